The lowest BCUT2D eigenvalue weighted by molar-refractivity contribution is 0.0953. The molecule has 2 rings (SSSR count). The van der Waals surface area contributed by atoms with Crippen LogP contribution in [0.5, 0.6) is 0 Å². The molecule has 0 aliphatic carbocycles. The number of carbonyl (C=O) groups is 1. The second-order valence-corrected chi connectivity index (χ2v) is 6.93. The smallest absolute Gasteiger partial charge is 0.188 e. The normalized spacial score (nSPS) is 26.7. The molecule has 14 heavy (non-hydrogen) atoms. The molecule has 1 atom stereocenters. The van der Waals surface area contributed by atoms with Gasteiger partial charge in [0, 0.05) is 0 Å². The van der Waals surface area contributed by atoms with Crippen molar-refractivity contribution in [2.75, 3.05) is 5.75 Å². The molecule has 0 bridgehead atoms. The van der Waals surface area contributed by atoms with E-state index in [9.17, 15) is 4.79 Å². The van der Waals surface area contributed by atoms with Gasteiger partial charge in [-0.05, 0) is 37.7 Å². The fourth-order valence-corrected chi connectivity index (χ4v) is 4.10. The first-order valence-electron chi connectivity index (χ1n) is 4.56. The molecule has 0 N–H and O–H groups in total. The maximum atomic E-state index is 12.1. The highest BCUT2D eigenvalue weighted by atomic mass is 35.5. The van der Waals surface area contributed by atoms with Crippen molar-refractivity contribution in [3.63, 3.8) is 0 Å². The van der Waals surface area contributed by atoms with E-state index in [0.29, 0.717) is 4.34 Å². The van der Waals surface area contributed by atoms with Gasteiger partial charge in [0.05, 0.1) is 14.0 Å². The molecule has 1 unspecified atom stereocenters. The van der Waals surface area contributed by atoms with E-state index in [1.54, 1.807) is 17.8 Å². The van der Waals surface area contributed by atoms with Crippen LogP contribution in [0, 0.1) is 0 Å². The molecule has 1 fully saturated rings. The highest BCUT2D eigenvalue weighted by molar-refractivity contribution is 8.01. The van der Waals surface area contributed by atoms with Gasteiger partial charge in [0.25, 0.3) is 0 Å². The van der Waals surface area contributed by atoms with Crippen LogP contribution in [0.3, 0.4) is 0 Å². The summed E-state index contributed by atoms with van der Waals surface area (Å²) in [6.07, 6.45) is 2.14. The van der Waals surface area contributed by atoms with Crippen LogP contribution in [0.15, 0.2) is 12.1 Å². The Morgan fingerprint density at radius 3 is 2.86 bits per heavy atom. The number of ketones is 1. The van der Waals surface area contributed by atoms with Crippen LogP contribution in [0.1, 0.15) is 29.4 Å². The molecule has 1 aliphatic heterocycles. The standard InChI is InChI=1S/C10H11ClOS2/c1-10(5-2-6-13-10)9(12)7-3-4-8(11)14-7/h3-4H,2,5-6H2,1H3. The van der Waals surface area contributed by atoms with Crippen LogP contribution in [0.2, 0.25) is 4.34 Å². The summed E-state index contributed by atoms with van der Waals surface area (Å²) in [4.78, 5) is 12.9. The molecule has 0 saturated carbocycles. The zero-order valence-corrected chi connectivity index (χ0v) is 10.3. The minimum atomic E-state index is -0.200. The first-order chi connectivity index (χ1) is 6.62. The maximum Gasteiger partial charge on any atom is 0.188 e. The highest BCUT2D eigenvalue weighted by Crippen LogP contribution is 2.41. The van der Waals surface area contributed by atoms with Crippen LogP contribution >= 0.6 is 34.7 Å². The van der Waals surface area contributed by atoms with Gasteiger partial charge in [-0.3, -0.25) is 4.79 Å². The van der Waals surface area contributed by atoms with Gasteiger partial charge in [-0.15, -0.1) is 23.1 Å². The van der Waals surface area contributed by atoms with E-state index in [-0.39, 0.29) is 10.5 Å². The predicted molar refractivity (Wildman–Crippen MR) is 63.8 cm³/mol. The summed E-state index contributed by atoms with van der Waals surface area (Å²) < 4.78 is 0.494. The van der Waals surface area contributed by atoms with Gasteiger partial charge in [-0.25, -0.2) is 0 Å². The van der Waals surface area contributed by atoms with Crippen molar-refractivity contribution in [3.05, 3.63) is 21.3 Å². The second-order valence-electron chi connectivity index (χ2n) is 3.62. The Bertz CT molecular complexity index is 353. The van der Waals surface area contributed by atoms with E-state index in [2.05, 4.69) is 0 Å². The first kappa shape index (κ1) is 10.5. The predicted octanol–water partition coefficient (Wildman–Crippen LogP) is 3.87. The van der Waals surface area contributed by atoms with Crippen LogP contribution in [0.25, 0.3) is 0 Å². The molecular formula is C10H11ClOS2. The van der Waals surface area contributed by atoms with Gasteiger partial charge in [0.1, 0.15) is 0 Å². The third kappa shape index (κ3) is 1.86. The molecule has 0 radical (unpaired) electrons. The third-order valence-corrected chi connectivity index (χ3v) is 5.25. The van der Waals surface area contributed by atoms with E-state index in [1.165, 1.54) is 11.3 Å². The van der Waals surface area contributed by atoms with Crippen LogP contribution in [0.4, 0.5) is 0 Å². The first-order valence-corrected chi connectivity index (χ1v) is 6.74. The van der Waals surface area contributed by atoms with Gasteiger partial charge in [-0.1, -0.05) is 11.6 Å². The SMILES string of the molecule is CC1(C(=O)c2ccc(Cl)s2)CCCS1. The van der Waals surface area contributed by atoms with Crippen molar-refractivity contribution in [2.45, 2.75) is 24.5 Å². The number of Topliss-reactive ketones (excluding diaryl/α,β-unsaturated/α-hetero) is 1. The zero-order valence-electron chi connectivity index (χ0n) is 7.88. The number of thiophene rings is 1. The largest absolute Gasteiger partial charge is 0.292 e. The fraction of sp³-hybridized carbons (Fsp3) is 0.500. The van der Waals surface area contributed by atoms with Gasteiger partial charge in [-0.2, -0.15) is 0 Å². The number of rotatable bonds is 2. The van der Waals surface area contributed by atoms with E-state index >= 15 is 0 Å². The van der Waals surface area contributed by atoms with Crippen molar-refractivity contribution >= 4 is 40.5 Å². The molecular weight excluding hydrogens is 236 g/mol. The average Bonchev–Trinajstić information content (AvgIpc) is 2.74. The van der Waals surface area contributed by atoms with Crippen molar-refractivity contribution < 1.29 is 4.79 Å². The molecule has 1 aromatic rings. The Morgan fingerprint density at radius 1 is 1.57 bits per heavy atom. The lowest BCUT2D eigenvalue weighted by Crippen LogP contribution is -2.27. The molecule has 1 nitrogen and oxygen atoms in total. The zero-order chi connectivity index (χ0) is 10.2. The minimum Gasteiger partial charge on any atom is -0.292 e. The van der Waals surface area contributed by atoms with Crippen molar-refractivity contribution in [2.24, 2.45) is 0 Å². The molecule has 2 heterocycles. The minimum absolute atomic E-state index is 0.200. The molecule has 76 valence electrons. The molecule has 4 heteroatoms. The molecule has 1 saturated heterocycles. The van der Waals surface area contributed by atoms with Gasteiger partial charge >= 0.3 is 0 Å². The summed E-state index contributed by atoms with van der Waals surface area (Å²) in [6.45, 7) is 2.04. The summed E-state index contributed by atoms with van der Waals surface area (Å²) in [5.41, 5.74) is 0. The third-order valence-electron chi connectivity index (χ3n) is 2.50. The quantitative estimate of drug-likeness (QED) is 0.737. The number of carbonyl (C=O) groups excluding carboxylic acids is 1. The van der Waals surface area contributed by atoms with Gasteiger partial charge < -0.3 is 0 Å². The molecule has 0 amide bonds. The summed E-state index contributed by atoms with van der Waals surface area (Å²) in [5, 5.41) is 0. The summed E-state index contributed by atoms with van der Waals surface area (Å²) in [5.74, 6) is 1.35. The van der Waals surface area contributed by atoms with E-state index < -0.39 is 0 Å². The monoisotopic (exact) mass is 246 g/mol. The Morgan fingerprint density at radius 2 is 2.36 bits per heavy atom. The Balaban J connectivity index is 2.23. The summed E-state index contributed by atoms with van der Waals surface area (Å²) >= 11 is 8.97. The second kappa shape index (κ2) is 3.87. The number of hydrogen-bond acceptors (Lipinski definition) is 3. The van der Waals surface area contributed by atoms with Crippen molar-refractivity contribution in [1.29, 1.82) is 0 Å². The number of halogens is 1. The van der Waals surface area contributed by atoms with Crippen LogP contribution in [-0.2, 0) is 0 Å². The van der Waals surface area contributed by atoms with Crippen LogP contribution in [-0.4, -0.2) is 16.3 Å². The van der Waals surface area contributed by atoms with Gasteiger partial charge in [0.2, 0.25) is 0 Å². The lowest BCUT2D eigenvalue weighted by atomic mass is 9.99. The molecule has 0 aromatic carbocycles. The van der Waals surface area contributed by atoms with Crippen molar-refractivity contribution in [1.82, 2.24) is 0 Å². The average molecular weight is 247 g/mol. The number of hydrogen-bond donors (Lipinski definition) is 0. The van der Waals surface area contributed by atoms with Gasteiger partial charge in [0.15, 0.2) is 5.78 Å². The van der Waals surface area contributed by atoms with Crippen molar-refractivity contribution in [3.8, 4) is 0 Å². The molecule has 1 aliphatic rings. The Labute approximate surface area is 96.8 Å². The topological polar surface area (TPSA) is 17.1 Å². The molecule has 1 aromatic heterocycles. The number of thioether (sulfide) groups is 1. The Hall–Kier alpha value is 0.01000. The lowest BCUT2D eigenvalue weighted by Gasteiger charge is -2.19. The van der Waals surface area contributed by atoms with E-state index in [0.717, 1.165) is 23.5 Å². The van der Waals surface area contributed by atoms with E-state index in [1.807, 2.05) is 13.0 Å². The molecule has 0 spiro atoms. The fourth-order valence-electron chi connectivity index (χ4n) is 1.66. The van der Waals surface area contributed by atoms with Crippen LogP contribution < -0.4 is 0 Å². The summed E-state index contributed by atoms with van der Waals surface area (Å²) in [6, 6.07) is 3.63. The Kier molecular flexibility index (Phi) is 2.91. The summed E-state index contributed by atoms with van der Waals surface area (Å²) in [7, 11) is 0. The van der Waals surface area contributed by atoms with E-state index in [4.69, 9.17) is 11.6 Å². The maximum absolute atomic E-state index is 12.1. The highest BCUT2D eigenvalue weighted by Gasteiger charge is 2.38.